The van der Waals surface area contributed by atoms with E-state index in [-0.39, 0.29) is 11.9 Å². The number of nitrogens with one attached hydrogen (secondary N) is 1. The molecule has 0 aromatic heterocycles. The Balaban J connectivity index is 1.54. The van der Waals surface area contributed by atoms with Crippen LogP contribution in [0.4, 0.5) is 4.39 Å². The second-order valence-electron chi connectivity index (χ2n) is 5.69. The minimum absolute atomic E-state index is 0.169. The van der Waals surface area contributed by atoms with Crippen LogP contribution in [0.1, 0.15) is 23.6 Å². The number of hydrogen-bond donors (Lipinski definition) is 1. The van der Waals surface area contributed by atoms with Crippen molar-refractivity contribution in [2.45, 2.75) is 23.9 Å². The van der Waals surface area contributed by atoms with Gasteiger partial charge in [0.2, 0.25) is 0 Å². The summed E-state index contributed by atoms with van der Waals surface area (Å²) in [7, 11) is 0. The summed E-state index contributed by atoms with van der Waals surface area (Å²) in [6.07, 6.45) is 0.994. The van der Waals surface area contributed by atoms with Crippen molar-refractivity contribution in [3.8, 4) is 11.5 Å². The summed E-state index contributed by atoms with van der Waals surface area (Å²) < 4.78 is 25.0. The first-order valence-corrected chi connectivity index (χ1v) is 8.83. The molecular formula is C18H18FNO2S. The molecular weight excluding hydrogens is 313 g/mol. The summed E-state index contributed by atoms with van der Waals surface area (Å²) in [5.74, 6) is 2.51. The molecule has 1 unspecified atom stereocenters. The number of benzene rings is 2. The highest BCUT2D eigenvalue weighted by atomic mass is 32.2. The molecule has 2 aliphatic heterocycles. The number of halogens is 1. The highest BCUT2D eigenvalue weighted by molar-refractivity contribution is 7.99. The topological polar surface area (TPSA) is 30.5 Å². The first-order chi connectivity index (χ1) is 11.3. The number of thioether (sulfide) groups is 1. The van der Waals surface area contributed by atoms with Crippen molar-refractivity contribution < 1.29 is 13.9 Å². The molecule has 0 aliphatic carbocycles. The molecule has 23 heavy (non-hydrogen) atoms. The fourth-order valence-corrected chi connectivity index (χ4v) is 4.19. The van der Waals surface area contributed by atoms with Crippen molar-refractivity contribution in [1.82, 2.24) is 5.32 Å². The normalized spacial score (nSPS) is 19.3. The van der Waals surface area contributed by atoms with E-state index in [1.54, 1.807) is 17.8 Å². The molecule has 1 atom stereocenters. The van der Waals surface area contributed by atoms with Crippen LogP contribution in [-0.4, -0.2) is 19.0 Å². The average Bonchev–Trinajstić information content (AvgIpc) is 2.60. The van der Waals surface area contributed by atoms with Gasteiger partial charge in [0.05, 0.1) is 0 Å². The fourth-order valence-electron chi connectivity index (χ4n) is 3.08. The maximum absolute atomic E-state index is 13.6. The van der Waals surface area contributed by atoms with Crippen molar-refractivity contribution in [2.75, 3.05) is 19.0 Å². The Morgan fingerprint density at radius 3 is 3.04 bits per heavy atom. The van der Waals surface area contributed by atoms with Crippen LogP contribution in [0.2, 0.25) is 0 Å². The van der Waals surface area contributed by atoms with Crippen LogP contribution in [-0.2, 0) is 6.54 Å². The summed E-state index contributed by atoms with van der Waals surface area (Å²) in [6.45, 7) is 1.85. The van der Waals surface area contributed by atoms with Crippen LogP contribution in [0.5, 0.6) is 11.5 Å². The fraction of sp³-hybridized carbons (Fsp3) is 0.333. The quantitative estimate of drug-likeness (QED) is 0.923. The van der Waals surface area contributed by atoms with Crippen molar-refractivity contribution in [2.24, 2.45) is 0 Å². The lowest BCUT2D eigenvalue weighted by atomic mass is 10.0. The molecule has 0 saturated heterocycles. The number of ether oxygens (including phenoxy) is 2. The third-order valence-electron chi connectivity index (χ3n) is 4.20. The van der Waals surface area contributed by atoms with Gasteiger partial charge >= 0.3 is 0 Å². The maximum atomic E-state index is 13.6. The van der Waals surface area contributed by atoms with E-state index in [0.717, 1.165) is 34.8 Å². The lowest BCUT2D eigenvalue weighted by Crippen LogP contribution is -2.25. The third-order valence-corrected chi connectivity index (χ3v) is 5.32. The smallest absolute Gasteiger partial charge is 0.165 e. The molecule has 3 nitrogen and oxygen atoms in total. The predicted octanol–water partition coefficient (Wildman–Crippen LogP) is 3.92. The van der Waals surface area contributed by atoms with E-state index in [0.29, 0.717) is 19.8 Å². The first-order valence-electron chi connectivity index (χ1n) is 7.84. The van der Waals surface area contributed by atoms with Crippen molar-refractivity contribution in [3.63, 3.8) is 0 Å². The van der Waals surface area contributed by atoms with Crippen LogP contribution in [0.25, 0.3) is 0 Å². The second kappa shape index (κ2) is 6.42. The van der Waals surface area contributed by atoms with Gasteiger partial charge in [-0.2, -0.15) is 0 Å². The SMILES string of the molecule is Fc1ccc2c(c1)C(NCc1cccc3c1OCCO3)CCS2. The molecule has 0 bridgehead atoms. The lowest BCUT2D eigenvalue weighted by molar-refractivity contribution is 0.169. The Labute approximate surface area is 139 Å². The molecule has 0 fully saturated rings. The first kappa shape index (κ1) is 14.8. The van der Waals surface area contributed by atoms with Gasteiger partial charge in [0.1, 0.15) is 19.0 Å². The van der Waals surface area contributed by atoms with Crippen LogP contribution in [0, 0.1) is 5.82 Å². The maximum Gasteiger partial charge on any atom is 0.165 e. The van der Waals surface area contributed by atoms with Gasteiger partial charge in [0.15, 0.2) is 11.5 Å². The summed E-state index contributed by atoms with van der Waals surface area (Å²) in [5.41, 5.74) is 2.14. The van der Waals surface area contributed by atoms with Gasteiger partial charge in [0, 0.05) is 23.0 Å². The Morgan fingerprint density at radius 1 is 1.17 bits per heavy atom. The molecule has 2 aliphatic rings. The minimum Gasteiger partial charge on any atom is -0.486 e. The van der Waals surface area contributed by atoms with E-state index in [1.165, 1.54) is 11.0 Å². The molecule has 0 saturated carbocycles. The molecule has 0 spiro atoms. The molecule has 0 amide bonds. The van der Waals surface area contributed by atoms with Gasteiger partial charge in [-0.1, -0.05) is 12.1 Å². The van der Waals surface area contributed by atoms with Crippen LogP contribution < -0.4 is 14.8 Å². The highest BCUT2D eigenvalue weighted by Crippen LogP contribution is 2.38. The Bertz CT molecular complexity index is 722. The zero-order chi connectivity index (χ0) is 15.6. The van der Waals surface area contributed by atoms with Gasteiger partial charge in [-0.05, 0) is 42.0 Å². The van der Waals surface area contributed by atoms with Gasteiger partial charge in [-0.25, -0.2) is 4.39 Å². The average molecular weight is 331 g/mol. The Kier molecular flexibility index (Phi) is 4.14. The minimum atomic E-state index is -0.174. The molecule has 4 rings (SSSR count). The van der Waals surface area contributed by atoms with Crippen molar-refractivity contribution in [1.29, 1.82) is 0 Å². The van der Waals surface area contributed by atoms with E-state index >= 15 is 0 Å². The zero-order valence-electron chi connectivity index (χ0n) is 12.7. The molecule has 120 valence electrons. The molecule has 0 radical (unpaired) electrons. The Hall–Kier alpha value is -1.72. The van der Waals surface area contributed by atoms with E-state index < -0.39 is 0 Å². The summed E-state index contributed by atoms with van der Waals surface area (Å²) in [6, 6.07) is 11.2. The van der Waals surface area contributed by atoms with E-state index in [1.807, 2.05) is 24.3 Å². The molecule has 2 heterocycles. The zero-order valence-corrected chi connectivity index (χ0v) is 13.5. The monoisotopic (exact) mass is 331 g/mol. The molecule has 2 aromatic rings. The standard InChI is InChI=1S/C18H18FNO2S/c19-13-4-5-17-14(10-13)15(6-9-23-17)20-11-12-2-1-3-16-18(12)22-8-7-21-16/h1-5,10,15,20H,6-9,11H2. The number of fused-ring (bicyclic) bond motifs is 2. The highest BCUT2D eigenvalue weighted by Gasteiger charge is 2.22. The number of hydrogen-bond acceptors (Lipinski definition) is 4. The summed E-state index contributed by atoms with van der Waals surface area (Å²) in [5, 5.41) is 3.56. The predicted molar refractivity (Wildman–Crippen MR) is 88.8 cm³/mol. The van der Waals surface area contributed by atoms with Crippen LogP contribution in [0.15, 0.2) is 41.3 Å². The second-order valence-corrected chi connectivity index (χ2v) is 6.83. The summed E-state index contributed by atoms with van der Waals surface area (Å²) in [4.78, 5) is 1.17. The van der Waals surface area contributed by atoms with E-state index in [9.17, 15) is 4.39 Å². The van der Waals surface area contributed by atoms with Gasteiger partial charge < -0.3 is 14.8 Å². The largest absolute Gasteiger partial charge is 0.486 e. The Morgan fingerprint density at radius 2 is 2.09 bits per heavy atom. The van der Waals surface area contributed by atoms with Gasteiger partial charge in [-0.15, -0.1) is 11.8 Å². The lowest BCUT2D eigenvalue weighted by Gasteiger charge is -2.27. The van der Waals surface area contributed by atoms with Crippen molar-refractivity contribution >= 4 is 11.8 Å². The number of rotatable bonds is 3. The van der Waals surface area contributed by atoms with Crippen molar-refractivity contribution in [3.05, 3.63) is 53.3 Å². The van der Waals surface area contributed by atoms with Crippen LogP contribution >= 0.6 is 11.8 Å². The third kappa shape index (κ3) is 3.03. The molecule has 1 N–H and O–H groups in total. The van der Waals surface area contributed by atoms with Gasteiger partial charge in [-0.3, -0.25) is 0 Å². The summed E-state index contributed by atoms with van der Waals surface area (Å²) >= 11 is 1.79. The molecule has 5 heteroatoms. The van der Waals surface area contributed by atoms with E-state index in [2.05, 4.69) is 5.32 Å². The molecule has 2 aromatic carbocycles. The van der Waals surface area contributed by atoms with E-state index in [4.69, 9.17) is 9.47 Å². The van der Waals surface area contributed by atoms with Gasteiger partial charge in [0.25, 0.3) is 0 Å². The number of para-hydroxylation sites is 1. The van der Waals surface area contributed by atoms with Crippen LogP contribution in [0.3, 0.4) is 0 Å².